The Labute approximate surface area is 146 Å². The largest absolute Gasteiger partial charge is 0.481 e. The second-order valence-corrected chi connectivity index (χ2v) is 6.97. The average Bonchev–Trinajstić information content (AvgIpc) is 2.94. The molecule has 2 aromatic carbocycles. The second-order valence-electron chi connectivity index (χ2n) is 6.97. The zero-order valence-electron chi connectivity index (χ0n) is 14.2. The molecular weight excluding hydrogens is 316 g/mol. The molecule has 0 saturated heterocycles. The number of hydrogen-bond donors (Lipinski definition) is 1. The SMILES string of the molecule is CCC12CCC(=O)C=C1c1c(cc(OCC(=O)O)c3ccccc13)C2. The number of carboxylic acid groups (broad SMARTS) is 1. The summed E-state index contributed by atoms with van der Waals surface area (Å²) in [6.07, 6.45) is 5.18. The van der Waals surface area contributed by atoms with E-state index in [2.05, 4.69) is 6.92 Å². The van der Waals surface area contributed by atoms with Crippen molar-refractivity contribution in [2.75, 3.05) is 6.61 Å². The maximum Gasteiger partial charge on any atom is 0.341 e. The monoisotopic (exact) mass is 336 g/mol. The highest BCUT2D eigenvalue weighted by atomic mass is 16.5. The van der Waals surface area contributed by atoms with Crippen LogP contribution in [0.3, 0.4) is 0 Å². The molecule has 2 aromatic rings. The Hall–Kier alpha value is -2.62. The van der Waals surface area contributed by atoms with Crippen molar-refractivity contribution in [3.8, 4) is 5.75 Å². The van der Waals surface area contributed by atoms with Crippen molar-refractivity contribution >= 4 is 28.1 Å². The summed E-state index contributed by atoms with van der Waals surface area (Å²) in [5.74, 6) is -0.188. The first kappa shape index (κ1) is 15.9. The predicted octanol–water partition coefficient (Wildman–Crippen LogP) is 4.00. The molecule has 1 N–H and O–H groups in total. The van der Waals surface area contributed by atoms with Gasteiger partial charge in [0.25, 0.3) is 0 Å². The Morgan fingerprint density at radius 1 is 1.28 bits per heavy atom. The van der Waals surface area contributed by atoms with Crippen LogP contribution < -0.4 is 4.74 Å². The van der Waals surface area contributed by atoms with Gasteiger partial charge in [-0.1, -0.05) is 31.2 Å². The van der Waals surface area contributed by atoms with Gasteiger partial charge in [0.2, 0.25) is 0 Å². The molecule has 1 atom stereocenters. The van der Waals surface area contributed by atoms with Gasteiger partial charge in [-0.25, -0.2) is 4.79 Å². The topological polar surface area (TPSA) is 63.6 Å². The fraction of sp³-hybridized carbons (Fsp3) is 0.333. The van der Waals surface area contributed by atoms with Crippen LogP contribution in [0.5, 0.6) is 5.75 Å². The zero-order chi connectivity index (χ0) is 17.6. The average molecular weight is 336 g/mol. The van der Waals surface area contributed by atoms with Crippen molar-refractivity contribution in [3.63, 3.8) is 0 Å². The van der Waals surface area contributed by atoms with Gasteiger partial charge in [0.05, 0.1) is 0 Å². The molecule has 4 nitrogen and oxygen atoms in total. The molecule has 0 heterocycles. The highest BCUT2D eigenvalue weighted by Crippen LogP contribution is 2.56. The molecule has 4 heteroatoms. The van der Waals surface area contributed by atoms with E-state index in [-0.39, 0.29) is 17.8 Å². The molecule has 4 rings (SSSR count). The Balaban J connectivity index is 1.95. The van der Waals surface area contributed by atoms with Crippen molar-refractivity contribution in [2.24, 2.45) is 5.41 Å². The summed E-state index contributed by atoms with van der Waals surface area (Å²) >= 11 is 0. The number of hydrogen-bond acceptors (Lipinski definition) is 3. The fourth-order valence-electron chi connectivity index (χ4n) is 4.37. The molecule has 2 aliphatic rings. The number of benzene rings is 2. The highest BCUT2D eigenvalue weighted by Gasteiger charge is 2.43. The normalized spacial score (nSPS) is 21.6. The van der Waals surface area contributed by atoms with E-state index in [1.165, 1.54) is 0 Å². The van der Waals surface area contributed by atoms with Gasteiger partial charge in [0.1, 0.15) is 5.75 Å². The van der Waals surface area contributed by atoms with Gasteiger partial charge in [0, 0.05) is 17.2 Å². The van der Waals surface area contributed by atoms with Gasteiger partial charge in [-0.05, 0) is 53.5 Å². The minimum atomic E-state index is -0.989. The molecule has 1 unspecified atom stereocenters. The number of ketones is 1. The van der Waals surface area contributed by atoms with E-state index in [9.17, 15) is 9.59 Å². The minimum absolute atomic E-state index is 0.0183. The summed E-state index contributed by atoms with van der Waals surface area (Å²) in [4.78, 5) is 23.0. The van der Waals surface area contributed by atoms with Gasteiger partial charge in [-0.2, -0.15) is 0 Å². The van der Waals surface area contributed by atoms with Crippen LogP contribution in [0, 0.1) is 5.41 Å². The first-order chi connectivity index (χ1) is 12.0. The number of rotatable bonds is 4. The van der Waals surface area contributed by atoms with Crippen molar-refractivity contribution in [1.29, 1.82) is 0 Å². The highest BCUT2D eigenvalue weighted by molar-refractivity contribution is 6.08. The molecular formula is C21H20O4. The molecule has 2 aliphatic carbocycles. The molecule has 0 bridgehead atoms. The van der Waals surface area contributed by atoms with E-state index in [0.717, 1.165) is 46.7 Å². The maximum absolute atomic E-state index is 12.1. The summed E-state index contributed by atoms with van der Waals surface area (Å²) in [5.41, 5.74) is 3.47. The summed E-state index contributed by atoms with van der Waals surface area (Å²) in [7, 11) is 0. The molecule has 25 heavy (non-hydrogen) atoms. The molecule has 0 radical (unpaired) electrons. The van der Waals surface area contributed by atoms with Gasteiger partial charge in [0.15, 0.2) is 12.4 Å². The summed E-state index contributed by atoms with van der Waals surface area (Å²) in [6.45, 7) is 1.82. The zero-order valence-corrected chi connectivity index (χ0v) is 14.2. The third-order valence-corrected chi connectivity index (χ3v) is 5.64. The standard InChI is InChI=1S/C21H20O4/c1-2-21-8-7-14(22)10-17(21)20-13(11-21)9-18(25-12-19(23)24)15-5-3-4-6-16(15)20/h3-6,9-10H,2,7-8,11-12H2,1H3,(H,23,24). The van der Waals surface area contributed by atoms with Crippen LogP contribution in [-0.2, 0) is 16.0 Å². The molecule has 0 spiro atoms. The van der Waals surface area contributed by atoms with Crippen LogP contribution >= 0.6 is 0 Å². The number of carbonyl (C=O) groups is 2. The smallest absolute Gasteiger partial charge is 0.341 e. The number of carboxylic acids is 1. The van der Waals surface area contributed by atoms with Crippen LogP contribution in [0.2, 0.25) is 0 Å². The first-order valence-corrected chi connectivity index (χ1v) is 8.69. The van der Waals surface area contributed by atoms with Crippen LogP contribution in [0.4, 0.5) is 0 Å². The Bertz CT molecular complexity index is 925. The lowest BCUT2D eigenvalue weighted by Gasteiger charge is -2.32. The lowest BCUT2D eigenvalue weighted by atomic mass is 9.70. The van der Waals surface area contributed by atoms with E-state index >= 15 is 0 Å². The lowest BCUT2D eigenvalue weighted by molar-refractivity contribution is -0.139. The number of carbonyl (C=O) groups excluding carboxylic acids is 1. The third-order valence-electron chi connectivity index (χ3n) is 5.64. The van der Waals surface area contributed by atoms with E-state index < -0.39 is 5.97 Å². The summed E-state index contributed by atoms with van der Waals surface area (Å²) in [5, 5.41) is 10.9. The molecule has 0 saturated carbocycles. The number of allylic oxidation sites excluding steroid dienone is 2. The van der Waals surface area contributed by atoms with E-state index in [4.69, 9.17) is 9.84 Å². The summed E-state index contributed by atoms with van der Waals surface area (Å²) < 4.78 is 5.56. The number of fused-ring (bicyclic) bond motifs is 5. The van der Waals surface area contributed by atoms with Gasteiger partial charge in [-0.15, -0.1) is 0 Å². The number of ether oxygens (including phenoxy) is 1. The van der Waals surface area contributed by atoms with Crippen molar-refractivity contribution in [3.05, 3.63) is 47.5 Å². The van der Waals surface area contributed by atoms with Gasteiger partial charge in [-0.3, -0.25) is 4.79 Å². The van der Waals surface area contributed by atoms with Gasteiger partial charge < -0.3 is 9.84 Å². The van der Waals surface area contributed by atoms with Crippen molar-refractivity contribution in [2.45, 2.75) is 32.6 Å². The molecule has 128 valence electrons. The van der Waals surface area contributed by atoms with Crippen LogP contribution in [0.15, 0.2) is 36.4 Å². The van der Waals surface area contributed by atoms with E-state index in [1.54, 1.807) is 0 Å². The van der Waals surface area contributed by atoms with Crippen LogP contribution in [0.25, 0.3) is 16.3 Å². The third kappa shape index (κ3) is 2.44. The quantitative estimate of drug-likeness (QED) is 0.916. The molecule has 0 amide bonds. The molecule has 0 aliphatic heterocycles. The second kappa shape index (κ2) is 5.73. The predicted molar refractivity (Wildman–Crippen MR) is 95.7 cm³/mol. The van der Waals surface area contributed by atoms with Crippen molar-refractivity contribution in [1.82, 2.24) is 0 Å². The van der Waals surface area contributed by atoms with Gasteiger partial charge >= 0.3 is 5.97 Å². The van der Waals surface area contributed by atoms with Crippen LogP contribution in [-0.4, -0.2) is 23.5 Å². The maximum atomic E-state index is 12.1. The number of aliphatic carboxylic acids is 1. The lowest BCUT2D eigenvalue weighted by Crippen LogP contribution is -2.24. The molecule has 0 fully saturated rings. The molecule has 0 aromatic heterocycles. The van der Waals surface area contributed by atoms with E-state index in [1.807, 2.05) is 36.4 Å². The Kier molecular flexibility index (Phi) is 3.64. The first-order valence-electron chi connectivity index (χ1n) is 8.69. The Morgan fingerprint density at radius 3 is 2.76 bits per heavy atom. The van der Waals surface area contributed by atoms with E-state index in [0.29, 0.717) is 12.2 Å². The van der Waals surface area contributed by atoms with Crippen molar-refractivity contribution < 1.29 is 19.4 Å². The Morgan fingerprint density at radius 2 is 2.04 bits per heavy atom. The fourth-order valence-corrected chi connectivity index (χ4v) is 4.37. The van der Waals surface area contributed by atoms with Crippen LogP contribution in [0.1, 0.15) is 37.3 Å². The summed E-state index contributed by atoms with van der Waals surface area (Å²) in [6, 6.07) is 9.85. The minimum Gasteiger partial charge on any atom is -0.481 e.